The van der Waals surface area contributed by atoms with Crippen LogP contribution in [0.15, 0.2) is 72.5 Å². The highest BCUT2D eigenvalue weighted by Crippen LogP contribution is 2.30. The second kappa shape index (κ2) is 6.93. The summed E-state index contributed by atoms with van der Waals surface area (Å²) in [5.41, 5.74) is 1.83. The monoisotopic (exact) mass is 336 g/mol. The molecule has 25 heavy (non-hydrogen) atoms. The molecule has 0 aromatic heterocycles. The highest BCUT2D eigenvalue weighted by Gasteiger charge is 2.32. The molecule has 0 amide bonds. The van der Waals surface area contributed by atoms with E-state index in [9.17, 15) is 9.59 Å². The maximum absolute atomic E-state index is 13.1. The van der Waals surface area contributed by atoms with Gasteiger partial charge in [0.2, 0.25) is 5.79 Å². The van der Waals surface area contributed by atoms with Gasteiger partial charge in [-0.05, 0) is 11.1 Å². The first-order chi connectivity index (χ1) is 11.9. The number of ether oxygens (including phenoxy) is 2. The fraction of sp³-hybridized carbons (Fsp3) is 0.238. The number of esters is 1. The first kappa shape index (κ1) is 17.0. The fourth-order valence-corrected chi connectivity index (χ4v) is 2.99. The molecule has 3 rings (SSSR count). The molecule has 4 nitrogen and oxygen atoms in total. The molecule has 1 aliphatic rings. The van der Waals surface area contributed by atoms with Crippen molar-refractivity contribution >= 4 is 11.8 Å². The molecular formula is C21H20O4. The number of carbonyl (C=O) groups is 2. The molecule has 0 fully saturated rings. The molecule has 0 saturated heterocycles. The van der Waals surface area contributed by atoms with Gasteiger partial charge in [-0.15, -0.1) is 0 Å². The molecule has 1 aliphatic heterocycles. The van der Waals surface area contributed by atoms with E-state index in [1.54, 1.807) is 13.8 Å². The number of hydrogen-bond acceptors (Lipinski definition) is 4. The van der Waals surface area contributed by atoms with Gasteiger partial charge in [0.15, 0.2) is 5.78 Å². The Morgan fingerprint density at radius 1 is 0.920 bits per heavy atom. The van der Waals surface area contributed by atoms with E-state index in [-0.39, 0.29) is 12.2 Å². The van der Waals surface area contributed by atoms with Gasteiger partial charge in [0.05, 0.1) is 18.4 Å². The fourth-order valence-electron chi connectivity index (χ4n) is 2.99. The number of ketones is 1. The zero-order valence-electron chi connectivity index (χ0n) is 14.3. The minimum atomic E-state index is -1.06. The molecular weight excluding hydrogens is 316 g/mol. The Kier molecular flexibility index (Phi) is 4.70. The van der Waals surface area contributed by atoms with Gasteiger partial charge in [-0.25, -0.2) is 4.79 Å². The van der Waals surface area contributed by atoms with Gasteiger partial charge in [-0.2, -0.15) is 0 Å². The lowest BCUT2D eigenvalue weighted by Crippen LogP contribution is -2.35. The van der Waals surface area contributed by atoms with E-state index in [2.05, 4.69) is 0 Å². The summed E-state index contributed by atoms with van der Waals surface area (Å²) in [4.78, 5) is 24.7. The highest BCUT2D eigenvalue weighted by atomic mass is 16.7. The summed E-state index contributed by atoms with van der Waals surface area (Å²) in [5.74, 6) is -1.66. The summed E-state index contributed by atoms with van der Waals surface area (Å²) in [6.45, 7) is 3.29. The van der Waals surface area contributed by atoms with Gasteiger partial charge >= 0.3 is 5.97 Å². The number of rotatable bonds is 5. The number of cyclic esters (lactones) is 1. The third-order valence-electron chi connectivity index (χ3n) is 3.94. The van der Waals surface area contributed by atoms with Crippen LogP contribution in [-0.4, -0.2) is 17.5 Å². The normalized spacial score (nSPS) is 16.0. The Labute approximate surface area is 147 Å². The zero-order valence-corrected chi connectivity index (χ0v) is 14.3. The standard InChI is InChI=1S/C21H20O4/c1-21(2)24-17(14-19(23)25-21)13-18(22)20(15-9-5-3-6-10-15)16-11-7-4-8-12-16/h3-12,14,20H,13H2,1-2H3. The molecule has 1 heterocycles. The number of carbonyl (C=O) groups excluding carboxylic acids is 2. The third-order valence-corrected chi connectivity index (χ3v) is 3.94. The number of benzene rings is 2. The van der Waals surface area contributed by atoms with Crippen LogP contribution in [0.3, 0.4) is 0 Å². The van der Waals surface area contributed by atoms with E-state index in [1.807, 2.05) is 60.7 Å². The number of allylic oxidation sites excluding steroid dienone is 1. The predicted molar refractivity (Wildman–Crippen MR) is 93.7 cm³/mol. The predicted octanol–water partition coefficient (Wildman–Crippen LogP) is 3.97. The summed E-state index contributed by atoms with van der Waals surface area (Å²) in [5, 5.41) is 0. The minimum Gasteiger partial charge on any atom is -0.456 e. The zero-order chi connectivity index (χ0) is 17.9. The van der Waals surface area contributed by atoms with Crippen LogP contribution in [-0.2, 0) is 19.1 Å². The third kappa shape index (κ3) is 4.15. The van der Waals surface area contributed by atoms with Crippen molar-refractivity contribution < 1.29 is 19.1 Å². The minimum absolute atomic E-state index is 0.0332. The van der Waals surface area contributed by atoms with E-state index in [1.165, 1.54) is 6.08 Å². The summed E-state index contributed by atoms with van der Waals surface area (Å²) in [6.07, 6.45) is 1.28. The van der Waals surface area contributed by atoms with Crippen LogP contribution in [0.2, 0.25) is 0 Å². The topological polar surface area (TPSA) is 52.6 Å². The quantitative estimate of drug-likeness (QED) is 0.775. The smallest absolute Gasteiger partial charge is 0.337 e. The Bertz CT molecular complexity index is 752. The molecule has 0 aliphatic carbocycles. The van der Waals surface area contributed by atoms with Gasteiger partial charge in [-0.1, -0.05) is 60.7 Å². The average Bonchev–Trinajstić information content (AvgIpc) is 2.55. The molecule has 2 aromatic carbocycles. The van der Waals surface area contributed by atoms with Crippen LogP contribution < -0.4 is 0 Å². The molecule has 0 radical (unpaired) electrons. The van der Waals surface area contributed by atoms with Crippen molar-refractivity contribution in [3.8, 4) is 0 Å². The van der Waals surface area contributed by atoms with Gasteiger partial charge in [0.1, 0.15) is 5.76 Å². The molecule has 0 bridgehead atoms. The van der Waals surface area contributed by atoms with E-state index in [4.69, 9.17) is 9.47 Å². The second-order valence-electron chi connectivity index (χ2n) is 6.43. The summed E-state index contributed by atoms with van der Waals surface area (Å²) in [6, 6.07) is 19.2. The maximum Gasteiger partial charge on any atom is 0.337 e. The molecule has 0 spiro atoms. The molecule has 0 atom stereocenters. The van der Waals surface area contributed by atoms with E-state index in [0.29, 0.717) is 5.76 Å². The van der Waals surface area contributed by atoms with Crippen LogP contribution in [0.25, 0.3) is 0 Å². The lowest BCUT2D eigenvalue weighted by Gasteiger charge is -2.31. The maximum atomic E-state index is 13.1. The summed E-state index contributed by atoms with van der Waals surface area (Å²) in [7, 11) is 0. The van der Waals surface area contributed by atoms with Crippen LogP contribution in [0.1, 0.15) is 37.3 Å². The second-order valence-corrected chi connectivity index (χ2v) is 6.43. The van der Waals surface area contributed by atoms with Crippen molar-refractivity contribution in [1.82, 2.24) is 0 Å². The molecule has 0 N–H and O–H groups in total. The van der Waals surface area contributed by atoms with Crippen LogP contribution in [0.4, 0.5) is 0 Å². The van der Waals surface area contributed by atoms with Gasteiger partial charge < -0.3 is 9.47 Å². The van der Waals surface area contributed by atoms with Crippen LogP contribution >= 0.6 is 0 Å². The molecule has 4 heteroatoms. The van der Waals surface area contributed by atoms with Crippen molar-refractivity contribution in [2.75, 3.05) is 0 Å². The van der Waals surface area contributed by atoms with Crippen LogP contribution in [0.5, 0.6) is 0 Å². The molecule has 0 unspecified atom stereocenters. The highest BCUT2D eigenvalue weighted by molar-refractivity contribution is 5.92. The van der Waals surface area contributed by atoms with Crippen molar-refractivity contribution in [3.63, 3.8) is 0 Å². The number of hydrogen-bond donors (Lipinski definition) is 0. The van der Waals surface area contributed by atoms with Crippen LogP contribution in [0, 0.1) is 0 Å². The first-order valence-corrected chi connectivity index (χ1v) is 8.20. The van der Waals surface area contributed by atoms with Crippen molar-refractivity contribution in [1.29, 1.82) is 0 Å². The molecule has 128 valence electrons. The van der Waals surface area contributed by atoms with Crippen molar-refractivity contribution in [3.05, 3.63) is 83.6 Å². The van der Waals surface area contributed by atoms with Gasteiger partial charge in [-0.3, -0.25) is 4.79 Å². The summed E-state index contributed by atoms with van der Waals surface area (Å²) >= 11 is 0. The largest absolute Gasteiger partial charge is 0.456 e. The Hall–Kier alpha value is -2.88. The lowest BCUT2D eigenvalue weighted by molar-refractivity contribution is -0.205. The van der Waals surface area contributed by atoms with Crippen molar-refractivity contribution in [2.24, 2.45) is 0 Å². The van der Waals surface area contributed by atoms with Gasteiger partial charge in [0, 0.05) is 13.8 Å². The van der Waals surface area contributed by atoms with Gasteiger partial charge in [0.25, 0.3) is 0 Å². The Balaban J connectivity index is 1.89. The van der Waals surface area contributed by atoms with E-state index < -0.39 is 17.7 Å². The average molecular weight is 336 g/mol. The Morgan fingerprint density at radius 2 is 1.44 bits per heavy atom. The SMILES string of the molecule is CC1(C)OC(=O)C=C(CC(=O)C(c2ccccc2)c2ccccc2)O1. The van der Waals surface area contributed by atoms with Crippen molar-refractivity contribution in [2.45, 2.75) is 32.0 Å². The first-order valence-electron chi connectivity index (χ1n) is 8.20. The van der Waals surface area contributed by atoms with E-state index >= 15 is 0 Å². The lowest BCUT2D eigenvalue weighted by atomic mass is 9.86. The van der Waals surface area contributed by atoms with E-state index in [0.717, 1.165) is 11.1 Å². The molecule has 0 saturated carbocycles. The summed E-state index contributed by atoms with van der Waals surface area (Å²) < 4.78 is 10.7. The Morgan fingerprint density at radius 3 is 1.92 bits per heavy atom. The number of Topliss-reactive ketones (excluding diaryl/α,β-unsaturated/α-hetero) is 1. The molecule has 2 aromatic rings.